The SMILES string of the molecule is COc1ccccc1[C@@H]1Cn2ccnc2CN1C(=O)CNC(C)=O. The minimum Gasteiger partial charge on any atom is -0.496 e. The Bertz CT molecular complexity index is 756. The Balaban J connectivity index is 1.94. The van der Waals surface area contributed by atoms with Crippen molar-refractivity contribution in [1.29, 1.82) is 0 Å². The molecule has 7 nitrogen and oxygen atoms in total. The summed E-state index contributed by atoms with van der Waals surface area (Å²) < 4.78 is 7.50. The van der Waals surface area contributed by atoms with Crippen LogP contribution in [0.4, 0.5) is 0 Å². The summed E-state index contributed by atoms with van der Waals surface area (Å²) in [7, 11) is 1.62. The van der Waals surface area contributed by atoms with Crippen LogP contribution < -0.4 is 10.1 Å². The fourth-order valence-corrected chi connectivity index (χ4v) is 2.98. The molecule has 126 valence electrons. The quantitative estimate of drug-likeness (QED) is 0.912. The van der Waals surface area contributed by atoms with Crippen molar-refractivity contribution in [2.24, 2.45) is 0 Å². The van der Waals surface area contributed by atoms with E-state index in [9.17, 15) is 9.59 Å². The Morgan fingerprint density at radius 2 is 2.17 bits per heavy atom. The molecule has 0 aliphatic carbocycles. The first-order valence-corrected chi connectivity index (χ1v) is 7.77. The van der Waals surface area contributed by atoms with Gasteiger partial charge in [0, 0.05) is 31.4 Å². The number of fused-ring (bicyclic) bond motifs is 1. The van der Waals surface area contributed by atoms with Crippen molar-refractivity contribution in [3.05, 3.63) is 48.0 Å². The van der Waals surface area contributed by atoms with Crippen molar-refractivity contribution in [1.82, 2.24) is 19.8 Å². The van der Waals surface area contributed by atoms with Gasteiger partial charge in [-0.1, -0.05) is 18.2 Å². The maximum absolute atomic E-state index is 12.7. The van der Waals surface area contributed by atoms with E-state index in [1.54, 1.807) is 18.2 Å². The van der Waals surface area contributed by atoms with Gasteiger partial charge in [0.25, 0.3) is 0 Å². The van der Waals surface area contributed by atoms with Crippen molar-refractivity contribution < 1.29 is 14.3 Å². The van der Waals surface area contributed by atoms with Crippen molar-refractivity contribution in [2.75, 3.05) is 13.7 Å². The number of nitrogens with zero attached hydrogens (tertiary/aromatic N) is 3. The molecule has 0 fully saturated rings. The Morgan fingerprint density at radius 3 is 2.92 bits per heavy atom. The van der Waals surface area contributed by atoms with E-state index in [1.165, 1.54) is 6.92 Å². The molecule has 0 saturated carbocycles. The van der Waals surface area contributed by atoms with E-state index in [-0.39, 0.29) is 24.4 Å². The molecule has 0 unspecified atom stereocenters. The van der Waals surface area contributed by atoms with Crippen LogP contribution in [0.1, 0.15) is 24.4 Å². The first-order chi connectivity index (χ1) is 11.6. The first kappa shape index (κ1) is 16.0. The van der Waals surface area contributed by atoms with E-state index in [1.807, 2.05) is 35.0 Å². The maximum atomic E-state index is 12.7. The molecule has 0 saturated heterocycles. The lowest BCUT2D eigenvalue weighted by Gasteiger charge is -2.37. The third-order valence-corrected chi connectivity index (χ3v) is 4.17. The number of ether oxygens (including phenoxy) is 1. The Hall–Kier alpha value is -2.83. The second kappa shape index (κ2) is 6.74. The van der Waals surface area contributed by atoms with Gasteiger partial charge in [-0.05, 0) is 6.07 Å². The third kappa shape index (κ3) is 3.10. The predicted molar refractivity (Wildman–Crippen MR) is 87.2 cm³/mol. The van der Waals surface area contributed by atoms with Gasteiger partial charge in [0.2, 0.25) is 11.8 Å². The van der Waals surface area contributed by atoms with Gasteiger partial charge >= 0.3 is 0 Å². The average Bonchev–Trinajstić information content (AvgIpc) is 3.05. The van der Waals surface area contributed by atoms with E-state index in [4.69, 9.17) is 4.74 Å². The minimum absolute atomic E-state index is 0.0261. The van der Waals surface area contributed by atoms with Gasteiger partial charge in [-0.25, -0.2) is 4.98 Å². The number of amides is 2. The van der Waals surface area contributed by atoms with Gasteiger partial charge in [-0.2, -0.15) is 0 Å². The molecule has 2 heterocycles. The van der Waals surface area contributed by atoms with Crippen LogP contribution in [0.5, 0.6) is 5.75 Å². The maximum Gasteiger partial charge on any atom is 0.242 e. The van der Waals surface area contributed by atoms with Gasteiger partial charge < -0.3 is 19.5 Å². The lowest BCUT2D eigenvalue weighted by atomic mass is 10.0. The molecule has 24 heavy (non-hydrogen) atoms. The standard InChI is InChI=1S/C17H20N4O3/c1-12(22)19-9-17(23)21-11-16-18-7-8-20(16)10-14(21)13-5-3-4-6-15(13)24-2/h3-8,14H,9-11H2,1-2H3,(H,19,22)/t14-/m0/s1. The molecule has 1 N–H and O–H groups in total. The summed E-state index contributed by atoms with van der Waals surface area (Å²) >= 11 is 0. The monoisotopic (exact) mass is 328 g/mol. The number of rotatable bonds is 4. The van der Waals surface area contributed by atoms with Gasteiger partial charge in [0.1, 0.15) is 11.6 Å². The van der Waals surface area contributed by atoms with Crippen LogP contribution in [0.3, 0.4) is 0 Å². The summed E-state index contributed by atoms with van der Waals surface area (Å²) in [5.74, 6) is 1.20. The first-order valence-electron chi connectivity index (χ1n) is 7.77. The third-order valence-electron chi connectivity index (χ3n) is 4.17. The Kier molecular flexibility index (Phi) is 4.50. The molecule has 0 bridgehead atoms. The molecule has 1 aromatic carbocycles. The van der Waals surface area contributed by atoms with Crippen LogP contribution in [-0.4, -0.2) is 39.9 Å². The summed E-state index contributed by atoms with van der Waals surface area (Å²) in [6.07, 6.45) is 3.64. The molecule has 7 heteroatoms. The fraction of sp³-hybridized carbons (Fsp3) is 0.353. The van der Waals surface area contributed by atoms with Crippen molar-refractivity contribution in [2.45, 2.75) is 26.1 Å². The largest absolute Gasteiger partial charge is 0.496 e. The molecule has 0 spiro atoms. The van der Waals surface area contributed by atoms with Crippen LogP contribution in [-0.2, 0) is 22.7 Å². The molecular formula is C17H20N4O3. The smallest absolute Gasteiger partial charge is 0.242 e. The molecule has 2 aromatic rings. The Labute approximate surface area is 140 Å². The van der Waals surface area contributed by atoms with E-state index < -0.39 is 0 Å². The van der Waals surface area contributed by atoms with Crippen molar-refractivity contribution in [3.63, 3.8) is 0 Å². The van der Waals surface area contributed by atoms with Crippen LogP contribution >= 0.6 is 0 Å². The highest BCUT2D eigenvalue weighted by Crippen LogP contribution is 2.34. The molecule has 1 atom stereocenters. The average molecular weight is 328 g/mol. The molecule has 1 aliphatic heterocycles. The number of imidazole rings is 1. The van der Waals surface area contributed by atoms with Crippen molar-refractivity contribution in [3.8, 4) is 5.75 Å². The molecular weight excluding hydrogens is 308 g/mol. The number of carbonyl (C=O) groups excluding carboxylic acids is 2. The van der Waals surface area contributed by atoms with Gasteiger partial charge in [0.05, 0.1) is 26.2 Å². The highest BCUT2D eigenvalue weighted by molar-refractivity contribution is 5.84. The normalized spacial score (nSPS) is 16.4. The lowest BCUT2D eigenvalue weighted by molar-refractivity contribution is -0.136. The number of hydrogen-bond acceptors (Lipinski definition) is 4. The summed E-state index contributed by atoms with van der Waals surface area (Å²) in [6, 6.07) is 7.50. The molecule has 1 aromatic heterocycles. The van der Waals surface area contributed by atoms with Gasteiger partial charge in [0.15, 0.2) is 0 Å². The number of benzene rings is 1. The van der Waals surface area contributed by atoms with Crippen LogP contribution in [0.15, 0.2) is 36.7 Å². The number of hydrogen-bond donors (Lipinski definition) is 1. The van der Waals surface area contributed by atoms with Gasteiger partial charge in [-0.3, -0.25) is 9.59 Å². The Morgan fingerprint density at radius 1 is 1.38 bits per heavy atom. The summed E-state index contributed by atoms with van der Waals surface area (Å²) in [6.45, 7) is 2.37. The number of aromatic nitrogens is 2. The van der Waals surface area contributed by atoms with Crippen LogP contribution in [0.25, 0.3) is 0 Å². The second-order valence-electron chi connectivity index (χ2n) is 5.68. The highest BCUT2D eigenvalue weighted by Gasteiger charge is 2.32. The summed E-state index contributed by atoms with van der Waals surface area (Å²) in [4.78, 5) is 29.8. The highest BCUT2D eigenvalue weighted by atomic mass is 16.5. The zero-order chi connectivity index (χ0) is 17.1. The number of methoxy groups -OCH3 is 1. The molecule has 1 aliphatic rings. The van der Waals surface area contributed by atoms with Crippen LogP contribution in [0.2, 0.25) is 0 Å². The van der Waals surface area contributed by atoms with Crippen LogP contribution in [0, 0.1) is 0 Å². The predicted octanol–water partition coefficient (Wildman–Crippen LogP) is 1.11. The van der Waals surface area contributed by atoms with E-state index in [0.29, 0.717) is 13.1 Å². The van der Waals surface area contributed by atoms with E-state index >= 15 is 0 Å². The fourth-order valence-electron chi connectivity index (χ4n) is 2.98. The summed E-state index contributed by atoms with van der Waals surface area (Å²) in [5, 5.41) is 2.57. The minimum atomic E-state index is -0.226. The topological polar surface area (TPSA) is 76.5 Å². The zero-order valence-corrected chi connectivity index (χ0v) is 13.7. The summed E-state index contributed by atoms with van der Waals surface area (Å²) in [5.41, 5.74) is 0.940. The molecule has 0 radical (unpaired) electrons. The number of nitrogens with one attached hydrogen (secondary N) is 1. The van der Waals surface area contributed by atoms with E-state index in [2.05, 4.69) is 10.3 Å². The number of para-hydroxylation sites is 1. The molecule has 2 amide bonds. The van der Waals surface area contributed by atoms with E-state index in [0.717, 1.165) is 17.1 Å². The second-order valence-corrected chi connectivity index (χ2v) is 5.68. The van der Waals surface area contributed by atoms with Gasteiger partial charge in [-0.15, -0.1) is 0 Å². The number of carbonyl (C=O) groups is 2. The zero-order valence-electron chi connectivity index (χ0n) is 13.7. The van der Waals surface area contributed by atoms with Crippen molar-refractivity contribution >= 4 is 11.8 Å². The lowest BCUT2D eigenvalue weighted by Crippen LogP contribution is -2.45. The molecule has 3 rings (SSSR count).